The number of carbonyl (C=O) groups is 1. The van der Waals surface area contributed by atoms with Crippen LogP contribution < -0.4 is 15.5 Å². The van der Waals surface area contributed by atoms with Gasteiger partial charge >= 0.3 is 0 Å². The van der Waals surface area contributed by atoms with Gasteiger partial charge in [-0.2, -0.15) is 4.98 Å². The van der Waals surface area contributed by atoms with Crippen molar-refractivity contribution >= 4 is 33.6 Å². The highest BCUT2D eigenvalue weighted by Crippen LogP contribution is 2.29. The predicted molar refractivity (Wildman–Crippen MR) is 129 cm³/mol. The Hall–Kier alpha value is -2.15. The van der Waals surface area contributed by atoms with Crippen LogP contribution in [0.15, 0.2) is 28.7 Å². The Morgan fingerprint density at radius 2 is 1.77 bits per heavy atom. The molecule has 0 atom stereocenters. The average molecular weight is 486 g/mol. The van der Waals surface area contributed by atoms with Gasteiger partial charge in [0.05, 0.1) is 12.1 Å². The van der Waals surface area contributed by atoms with E-state index in [9.17, 15) is 4.79 Å². The third-order valence-electron chi connectivity index (χ3n) is 6.32. The number of carbonyl (C=O) groups excluding carboxylic acids is 1. The summed E-state index contributed by atoms with van der Waals surface area (Å²) in [6.07, 6.45) is 8.94. The van der Waals surface area contributed by atoms with Crippen molar-refractivity contribution < 1.29 is 4.79 Å². The quantitative estimate of drug-likeness (QED) is 0.639. The number of aryl methyl sites for hydroxylation is 1. The normalized spacial score (nSPS) is 20.6. The summed E-state index contributed by atoms with van der Waals surface area (Å²) < 4.78 is 0.986. The largest absolute Gasteiger partial charge is 0.362 e. The molecule has 1 fully saturated rings. The van der Waals surface area contributed by atoms with Crippen molar-refractivity contribution in [1.29, 1.82) is 0 Å². The molecule has 1 heterocycles. The number of fused-ring (bicyclic) bond motifs is 1. The summed E-state index contributed by atoms with van der Waals surface area (Å²) in [5.74, 6) is 1.91. The number of halogens is 1. The predicted octanol–water partition coefficient (Wildman–Crippen LogP) is 4.27. The molecule has 0 saturated heterocycles. The van der Waals surface area contributed by atoms with Gasteiger partial charge < -0.3 is 15.5 Å². The molecule has 1 aromatic carbocycles. The molecule has 0 unspecified atom stereocenters. The first-order valence-electron chi connectivity index (χ1n) is 11.4. The summed E-state index contributed by atoms with van der Waals surface area (Å²) in [5.41, 5.74) is 3.55. The van der Waals surface area contributed by atoms with Gasteiger partial charge in [-0.05, 0) is 63.0 Å². The highest BCUT2D eigenvalue weighted by Gasteiger charge is 2.25. The van der Waals surface area contributed by atoms with Crippen LogP contribution in [0.2, 0.25) is 0 Å². The number of amides is 1. The molecule has 0 bridgehead atoms. The Labute approximate surface area is 193 Å². The third kappa shape index (κ3) is 5.56. The van der Waals surface area contributed by atoms with Crippen LogP contribution >= 0.6 is 15.9 Å². The molecule has 1 amide bonds. The number of nitrogens with one attached hydrogen (secondary N) is 2. The van der Waals surface area contributed by atoms with Crippen LogP contribution in [0.3, 0.4) is 0 Å². The molecule has 0 radical (unpaired) electrons. The molecule has 1 aromatic heterocycles. The van der Waals surface area contributed by atoms with Crippen molar-refractivity contribution in [3.05, 3.63) is 45.6 Å². The van der Waals surface area contributed by atoms with Gasteiger partial charge in [-0.25, -0.2) is 4.98 Å². The first-order valence-corrected chi connectivity index (χ1v) is 12.2. The van der Waals surface area contributed by atoms with Crippen LogP contribution in [0.4, 0.5) is 11.8 Å². The molecule has 6 nitrogen and oxygen atoms in total. The standard InChI is InChI=1S/C24H32BrN5O/c1-30(2)23-19-8-4-6-10-21(19)28-24(29-23)27-18-13-11-17(12-14-18)26-22(31)15-16-7-3-5-9-20(16)25/h3,5,7,9,17-18H,4,6,8,10-15H2,1-2H3,(H,26,31)(H,27,28,29). The number of nitrogens with zero attached hydrogens (tertiary/aromatic N) is 3. The minimum atomic E-state index is 0.0944. The smallest absolute Gasteiger partial charge is 0.225 e. The van der Waals surface area contributed by atoms with Gasteiger partial charge in [0.2, 0.25) is 11.9 Å². The van der Waals surface area contributed by atoms with Crippen LogP contribution in [0.25, 0.3) is 0 Å². The van der Waals surface area contributed by atoms with Crippen molar-refractivity contribution in [3.63, 3.8) is 0 Å². The van der Waals surface area contributed by atoms with Gasteiger partial charge in [0.25, 0.3) is 0 Å². The van der Waals surface area contributed by atoms with Crippen molar-refractivity contribution in [3.8, 4) is 0 Å². The lowest BCUT2D eigenvalue weighted by Crippen LogP contribution is -2.41. The molecule has 2 aliphatic carbocycles. The zero-order valence-corrected chi connectivity index (χ0v) is 20.0. The number of hydrogen-bond acceptors (Lipinski definition) is 5. The number of benzene rings is 1. The maximum absolute atomic E-state index is 12.5. The summed E-state index contributed by atoms with van der Waals surface area (Å²) in [6.45, 7) is 0. The zero-order chi connectivity index (χ0) is 21.8. The Bertz CT molecular complexity index is 924. The monoisotopic (exact) mass is 485 g/mol. The summed E-state index contributed by atoms with van der Waals surface area (Å²) >= 11 is 3.52. The summed E-state index contributed by atoms with van der Waals surface area (Å²) in [4.78, 5) is 24.3. The van der Waals surface area contributed by atoms with Crippen molar-refractivity contribution in [2.45, 2.75) is 69.9 Å². The van der Waals surface area contributed by atoms with Crippen LogP contribution in [-0.4, -0.2) is 42.1 Å². The second-order valence-electron chi connectivity index (χ2n) is 8.93. The highest BCUT2D eigenvalue weighted by atomic mass is 79.9. The Kier molecular flexibility index (Phi) is 7.10. The molecule has 31 heavy (non-hydrogen) atoms. The molecule has 166 valence electrons. The second-order valence-corrected chi connectivity index (χ2v) is 9.78. The van der Waals surface area contributed by atoms with Crippen LogP contribution in [0.1, 0.15) is 55.3 Å². The number of aromatic nitrogens is 2. The van der Waals surface area contributed by atoms with Gasteiger partial charge in [-0.1, -0.05) is 34.1 Å². The fourth-order valence-electron chi connectivity index (χ4n) is 4.67. The molecule has 0 spiro atoms. The maximum Gasteiger partial charge on any atom is 0.225 e. The van der Waals surface area contributed by atoms with Crippen LogP contribution in [0, 0.1) is 0 Å². The summed E-state index contributed by atoms with van der Waals surface area (Å²) in [5, 5.41) is 6.80. The summed E-state index contributed by atoms with van der Waals surface area (Å²) in [7, 11) is 4.12. The van der Waals surface area contributed by atoms with Gasteiger partial charge in [-0.3, -0.25) is 4.79 Å². The zero-order valence-electron chi connectivity index (χ0n) is 18.5. The minimum Gasteiger partial charge on any atom is -0.362 e. The van der Waals surface area contributed by atoms with Crippen LogP contribution in [0.5, 0.6) is 0 Å². The van der Waals surface area contributed by atoms with E-state index in [1.54, 1.807) is 0 Å². The van der Waals surface area contributed by atoms with E-state index in [1.807, 2.05) is 24.3 Å². The van der Waals surface area contributed by atoms with E-state index < -0.39 is 0 Å². The van der Waals surface area contributed by atoms with Crippen molar-refractivity contribution in [2.75, 3.05) is 24.3 Å². The number of hydrogen-bond donors (Lipinski definition) is 2. The Morgan fingerprint density at radius 3 is 2.52 bits per heavy atom. The molecule has 2 aromatic rings. The summed E-state index contributed by atoms with van der Waals surface area (Å²) in [6, 6.07) is 8.50. The van der Waals surface area contributed by atoms with Crippen molar-refractivity contribution in [1.82, 2.24) is 15.3 Å². The van der Waals surface area contributed by atoms with E-state index in [0.29, 0.717) is 12.5 Å². The number of rotatable bonds is 6. The van der Waals surface area contributed by atoms with E-state index >= 15 is 0 Å². The fraction of sp³-hybridized carbons (Fsp3) is 0.542. The molecule has 4 rings (SSSR count). The SMILES string of the molecule is CN(C)c1nc(NC2CCC(NC(=O)Cc3ccccc3Br)CC2)nc2c1CCCC2. The van der Waals surface area contributed by atoms with E-state index in [1.165, 1.54) is 24.1 Å². The van der Waals surface area contributed by atoms with Gasteiger partial charge in [0.1, 0.15) is 5.82 Å². The highest BCUT2D eigenvalue weighted by molar-refractivity contribution is 9.10. The average Bonchev–Trinajstić information content (AvgIpc) is 2.76. The second kappa shape index (κ2) is 9.98. The van der Waals surface area contributed by atoms with E-state index in [0.717, 1.165) is 60.3 Å². The first kappa shape index (κ1) is 22.1. The van der Waals surface area contributed by atoms with Gasteiger partial charge in [-0.15, -0.1) is 0 Å². The molecule has 7 heteroatoms. The van der Waals surface area contributed by atoms with Gasteiger partial charge in [0.15, 0.2) is 0 Å². The number of anilines is 2. The first-order chi connectivity index (χ1) is 15.0. The van der Waals surface area contributed by atoms with E-state index in [4.69, 9.17) is 9.97 Å². The fourth-order valence-corrected chi connectivity index (χ4v) is 5.09. The molecule has 0 aliphatic heterocycles. The lowest BCUT2D eigenvalue weighted by atomic mass is 9.91. The minimum absolute atomic E-state index is 0.0944. The Morgan fingerprint density at radius 1 is 1.06 bits per heavy atom. The van der Waals surface area contributed by atoms with Crippen molar-refractivity contribution in [2.24, 2.45) is 0 Å². The molecule has 2 N–H and O–H groups in total. The topological polar surface area (TPSA) is 70.2 Å². The lowest BCUT2D eigenvalue weighted by molar-refractivity contribution is -0.121. The van der Waals surface area contributed by atoms with Gasteiger partial charge in [0, 0.05) is 36.2 Å². The molecule has 1 saturated carbocycles. The van der Waals surface area contributed by atoms with E-state index in [2.05, 4.69) is 45.6 Å². The van der Waals surface area contributed by atoms with Crippen LogP contribution in [-0.2, 0) is 24.1 Å². The Balaban J connectivity index is 1.31. The van der Waals surface area contributed by atoms with E-state index in [-0.39, 0.29) is 11.9 Å². The molecular weight excluding hydrogens is 454 g/mol. The third-order valence-corrected chi connectivity index (χ3v) is 7.09. The molecular formula is C24H32BrN5O. The maximum atomic E-state index is 12.5. The molecule has 2 aliphatic rings. The lowest BCUT2D eigenvalue weighted by Gasteiger charge is -2.30.